The molecule has 0 aromatic carbocycles. The molecule has 0 spiro atoms. The van der Waals surface area contributed by atoms with E-state index in [9.17, 15) is 0 Å². The van der Waals surface area contributed by atoms with Gasteiger partial charge in [0.25, 0.3) is 0 Å². The lowest BCUT2D eigenvalue weighted by molar-refractivity contribution is 0.300. The van der Waals surface area contributed by atoms with Gasteiger partial charge in [0.1, 0.15) is 6.61 Å². The zero-order chi connectivity index (χ0) is 13.2. The Hall–Kier alpha value is -0.530. The minimum Gasteiger partial charge on any atom is -0.479 e. The van der Waals surface area contributed by atoms with Crippen LogP contribution in [-0.4, -0.2) is 18.5 Å². The fourth-order valence-corrected chi connectivity index (χ4v) is 2.46. The average molecular weight is 253 g/mol. The van der Waals surface area contributed by atoms with Gasteiger partial charge < -0.3 is 4.74 Å². The smallest absolute Gasteiger partial charge is 0.183 e. The van der Waals surface area contributed by atoms with Crippen molar-refractivity contribution in [3.8, 4) is 0 Å². The van der Waals surface area contributed by atoms with Gasteiger partial charge in [0.05, 0.1) is 6.04 Å². The molecule has 2 nitrogen and oxygen atoms in total. The van der Waals surface area contributed by atoms with E-state index in [2.05, 4.69) is 25.8 Å². The lowest BCUT2D eigenvalue weighted by atomic mass is 9.99. The normalized spacial score (nSPS) is 20.6. The highest BCUT2D eigenvalue weighted by molar-refractivity contribution is 5.77. The zero-order valence-electron chi connectivity index (χ0n) is 12.6. The topological polar surface area (TPSA) is 21.6 Å². The molecule has 0 N–H and O–H groups in total. The Bertz CT molecular complexity index is 237. The van der Waals surface area contributed by atoms with E-state index in [0.717, 1.165) is 31.3 Å². The minimum absolute atomic E-state index is 0.432. The maximum absolute atomic E-state index is 5.64. The Morgan fingerprint density at radius 3 is 2.56 bits per heavy atom. The van der Waals surface area contributed by atoms with Crippen LogP contribution in [0.25, 0.3) is 0 Å². The second-order valence-electron chi connectivity index (χ2n) is 5.76. The third-order valence-corrected chi connectivity index (χ3v) is 3.81. The number of hydrogen-bond acceptors (Lipinski definition) is 2. The van der Waals surface area contributed by atoms with Gasteiger partial charge in [0, 0.05) is 6.42 Å². The largest absolute Gasteiger partial charge is 0.479 e. The maximum Gasteiger partial charge on any atom is 0.183 e. The summed E-state index contributed by atoms with van der Waals surface area (Å²) in [7, 11) is 0. The molecule has 106 valence electrons. The van der Waals surface area contributed by atoms with Gasteiger partial charge in [-0.05, 0) is 12.3 Å². The summed E-state index contributed by atoms with van der Waals surface area (Å²) in [6.45, 7) is 7.60. The third kappa shape index (κ3) is 6.42. The maximum atomic E-state index is 5.64. The van der Waals surface area contributed by atoms with E-state index in [1.165, 1.54) is 44.9 Å². The summed E-state index contributed by atoms with van der Waals surface area (Å²) < 4.78 is 5.64. The predicted molar refractivity (Wildman–Crippen MR) is 79.2 cm³/mol. The summed E-state index contributed by atoms with van der Waals surface area (Å²) >= 11 is 0. The standard InChI is InChI=1S/C16H31NO/c1-4-6-7-8-9-10-11-14(3)12-16-17-15(5-2)13-18-16/h14-15H,4-13H2,1-3H3. The molecule has 18 heavy (non-hydrogen) atoms. The van der Waals surface area contributed by atoms with Crippen molar-refractivity contribution in [3.05, 3.63) is 0 Å². The van der Waals surface area contributed by atoms with E-state index >= 15 is 0 Å². The monoisotopic (exact) mass is 253 g/mol. The number of unbranched alkanes of at least 4 members (excludes halogenated alkanes) is 5. The van der Waals surface area contributed by atoms with Crippen LogP contribution in [0.4, 0.5) is 0 Å². The lowest BCUT2D eigenvalue weighted by Crippen LogP contribution is -2.06. The van der Waals surface area contributed by atoms with E-state index in [-0.39, 0.29) is 0 Å². The van der Waals surface area contributed by atoms with Crippen LogP contribution in [0.2, 0.25) is 0 Å². The van der Waals surface area contributed by atoms with E-state index < -0.39 is 0 Å². The van der Waals surface area contributed by atoms with Crippen LogP contribution in [-0.2, 0) is 4.74 Å². The Morgan fingerprint density at radius 1 is 1.17 bits per heavy atom. The second kappa shape index (κ2) is 9.41. The number of nitrogens with zero attached hydrogens (tertiary/aromatic N) is 1. The molecule has 1 heterocycles. The molecular formula is C16H31NO. The van der Waals surface area contributed by atoms with E-state index in [1.54, 1.807) is 0 Å². The van der Waals surface area contributed by atoms with Gasteiger partial charge in [-0.25, -0.2) is 4.99 Å². The number of rotatable bonds is 10. The van der Waals surface area contributed by atoms with Crippen LogP contribution in [0, 0.1) is 5.92 Å². The van der Waals surface area contributed by atoms with Crippen LogP contribution >= 0.6 is 0 Å². The van der Waals surface area contributed by atoms with Crippen molar-refractivity contribution < 1.29 is 4.74 Å². The van der Waals surface area contributed by atoms with Crippen molar-refractivity contribution in [1.29, 1.82) is 0 Å². The van der Waals surface area contributed by atoms with Crippen LogP contribution in [0.15, 0.2) is 4.99 Å². The van der Waals surface area contributed by atoms with Crippen LogP contribution in [0.5, 0.6) is 0 Å². The molecule has 1 rings (SSSR count). The SMILES string of the molecule is CCCCCCCCC(C)CC1=NC(CC)CO1. The molecule has 0 fully saturated rings. The molecule has 1 aliphatic rings. The van der Waals surface area contributed by atoms with E-state index in [0.29, 0.717) is 6.04 Å². The van der Waals surface area contributed by atoms with Gasteiger partial charge in [-0.3, -0.25) is 0 Å². The zero-order valence-corrected chi connectivity index (χ0v) is 12.6. The van der Waals surface area contributed by atoms with Crippen molar-refractivity contribution in [3.63, 3.8) is 0 Å². The van der Waals surface area contributed by atoms with Crippen LogP contribution in [0.1, 0.15) is 78.6 Å². The highest BCUT2D eigenvalue weighted by Gasteiger charge is 2.18. The predicted octanol–water partition coefficient (Wildman–Crippen LogP) is 4.97. The summed E-state index contributed by atoms with van der Waals surface area (Å²) in [6, 6.07) is 0.432. The molecule has 0 bridgehead atoms. The van der Waals surface area contributed by atoms with E-state index in [1.807, 2.05) is 0 Å². The number of hydrogen-bond donors (Lipinski definition) is 0. The highest BCUT2D eigenvalue weighted by Crippen LogP contribution is 2.18. The third-order valence-electron chi connectivity index (χ3n) is 3.81. The Balaban J connectivity index is 2.02. The number of ether oxygens (including phenoxy) is 1. The molecule has 0 saturated heterocycles. The molecule has 0 aliphatic carbocycles. The first-order valence-electron chi connectivity index (χ1n) is 7.95. The number of aliphatic imine (C=N–C) groups is 1. The summed E-state index contributed by atoms with van der Waals surface area (Å²) in [5.74, 6) is 1.74. The molecule has 0 amide bonds. The summed E-state index contributed by atoms with van der Waals surface area (Å²) in [5.41, 5.74) is 0. The molecule has 0 radical (unpaired) electrons. The van der Waals surface area contributed by atoms with Gasteiger partial charge in [-0.2, -0.15) is 0 Å². The Labute approximate surface area is 113 Å². The second-order valence-corrected chi connectivity index (χ2v) is 5.76. The van der Waals surface area contributed by atoms with Gasteiger partial charge in [0.15, 0.2) is 5.90 Å². The van der Waals surface area contributed by atoms with Crippen molar-refractivity contribution in [1.82, 2.24) is 0 Å². The first-order valence-corrected chi connectivity index (χ1v) is 7.95. The summed E-state index contributed by atoms with van der Waals surface area (Å²) in [6.07, 6.45) is 11.8. The molecule has 0 aromatic heterocycles. The first-order chi connectivity index (χ1) is 8.76. The molecule has 0 saturated carbocycles. The van der Waals surface area contributed by atoms with Crippen LogP contribution in [0.3, 0.4) is 0 Å². The quantitative estimate of drug-likeness (QED) is 0.504. The van der Waals surface area contributed by atoms with Crippen LogP contribution < -0.4 is 0 Å². The molecular weight excluding hydrogens is 222 g/mol. The average Bonchev–Trinajstić information content (AvgIpc) is 2.81. The molecule has 2 atom stereocenters. The molecule has 0 aromatic rings. The Morgan fingerprint density at radius 2 is 1.89 bits per heavy atom. The Kier molecular flexibility index (Phi) is 8.11. The summed E-state index contributed by atoms with van der Waals surface area (Å²) in [4.78, 5) is 4.61. The highest BCUT2D eigenvalue weighted by atomic mass is 16.5. The van der Waals surface area contributed by atoms with E-state index in [4.69, 9.17) is 4.74 Å². The first kappa shape index (κ1) is 15.5. The summed E-state index contributed by atoms with van der Waals surface area (Å²) in [5, 5.41) is 0. The molecule has 2 unspecified atom stereocenters. The minimum atomic E-state index is 0.432. The molecule has 2 heteroatoms. The van der Waals surface area contributed by atoms with Gasteiger partial charge in [-0.15, -0.1) is 0 Å². The fourth-order valence-electron chi connectivity index (χ4n) is 2.46. The van der Waals surface area contributed by atoms with Crippen molar-refractivity contribution in [2.24, 2.45) is 10.9 Å². The van der Waals surface area contributed by atoms with Gasteiger partial charge in [-0.1, -0.05) is 65.7 Å². The van der Waals surface area contributed by atoms with Crippen molar-refractivity contribution in [2.45, 2.75) is 84.6 Å². The van der Waals surface area contributed by atoms with Crippen molar-refractivity contribution >= 4 is 5.90 Å². The lowest BCUT2D eigenvalue weighted by Gasteiger charge is -2.10. The van der Waals surface area contributed by atoms with Gasteiger partial charge in [0.2, 0.25) is 0 Å². The van der Waals surface area contributed by atoms with Crippen molar-refractivity contribution in [2.75, 3.05) is 6.61 Å². The van der Waals surface area contributed by atoms with Gasteiger partial charge >= 0.3 is 0 Å². The molecule has 1 aliphatic heterocycles. The fraction of sp³-hybridized carbons (Fsp3) is 0.938.